The van der Waals surface area contributed by atoms with Gasteiger partial charge in [0.25, 0.3) is 0 Å². The van der Waals surface area contributed by atoms with E-state index in [4.69, 9.17) is 5.73 Å². The van der Waals surface area contributed by atoms with E-state index in [0.717, 1.165) is 22.7 Å². The summed E-state index contributed by atoms with van der Waals surface area (Å²) in [4.78, 5) is -0.530. The summed E-state index contributed by atoms with van der Waals surface area (Å²) in [5.74, 6) is -1.30. The van der Waals surface area contributed by atoms with Crippen molar-refractivity contribution in [3.05, 3.63) is 24.0 Å². The summed E-state index contributed by atoms with van der Waals surface area (Å²) in [5, 5.41) is 0. The Labute approximate surface area is 112 Å². The van der Waals surface area contributed by atoms with Crippen molar-refractivity contribution in [1.29, 1.82) is 0 Å². The van der Waals surface area contributed by atoms with E-state index in [1.807, 2.05) is 0 Å². The van der Waals surface area contributed by atoms with Crippen molar-refractivity contribution >= 4 is 25.5 Å². The molecule has 1 rings (SSSR count). The molecule has 108 valence electrons. The lowest BCUT2D eigenvalue weighted by Gasteiger charge is -2.17. The SMILES string of the molecule is CN(CCS(C)(=O)=O)S(=O)(=O)c1ccc(N)cc1F. The van der Waals surface area contributed by atoms with Gasteiger partial charge in [-0.15, -0.1) is 0 Å². The smallest absolute Gasteiger partial charge is 0.245 e. The lowest BCUT2D eigenvalue weighted by atomic mass is 10.3. The average Bonchev–Trinajstić information content (AvgIpc) is 2.24. The molecule has 0 saturated carbocycles. The van der Waals surface area contributed by atoms with Crippen LogP contribution in [0.5, 0.6) is 0 Å². The van der Waals surface area contributed by atoms with Gasteiger partial charge in [0, 0.05) is 25.5 Å². The lowest BCUT2D eigenvalue weighted by molar-refractivity contribution is 0.477. The number of hydrogen-bond acceptors (Lipinski definition) is 5. The molecule has 0 atom stereocenters. The number of sulfonamides is 1. The highest BCUT2D eigenvalue weighted by Gasteiger charge is 2.25. The molecular weight excluding hydrogens is 295 g/mol. The molecule has 0 spiro atoms. The number of halogens is 1. The summed E-state index contributed by atoms with van der Waals surface area (Å²) in [6, 6.07) is 3.22. The predicted molar refractivity (Wildman–Crippen MR) is 70.3 cm³/mol. The van der Waals surface area contributed by atoms with E-state index >= 15 is 0 Å². The van der Waals surface area contributed by atoms with Crippen LogP contribution in [0.4, 0.5) is 10.1 Å². The number of anilines is 1. The number of nitrogen functional groups attached to an aromatic ring is 1. The van der Waals surface area contributed by atoms with Gasteiger partial charge in [-0.1, -0.05) is 0 Å². The standard InChI is InChI=1S/C10H15FN2O4S2/c1-13(5-6-18(2,14)15)19(16,17)10-4-3-8(12)7-9(10)11/h3-4,7H,5-6,12H2,1-2H3. The molecule has 0 amide bonds. The number of benzene rings is 1. The van der Waals surface area contributed by atoms with E-state index < -0.39 is 30.6 Å². The Morgan fingerprint density at radius 2 is 1.84 bits per heavy atom. The molecule has 0 radical (unpaired) electrons. The highest BCUT2D eigenvalue weighted by Crippen LogP contribution is 2.20. The highest BCUT2D eigenvalue weighted by molar-refractivity contribution is 7.91. The van der Waals surface area contributed by atoms with Gasteiger partial charge in [-0.05, 0) is 18.2 Å². The molecule has 1 aromatic rings. The van der Waals surface area contributed by atoms with Gasteiger partial charge in [0.2, 0.25) is 10.0 Å². The molecule has 0 bridgehead atoms. The summed E-state index contributed by atoms with van der Waals surface area (Å²) >= 11 is 0. The van der Waals surface area contributed by atoms with E-state index in [-0.39, 0.29) is 18.0 Å². The fourth-order valence-corrected chi connectivity index (χ4v) is 3.24. The van der Waals surface area contributed by atoms with Crippen molar-refractivity contribution in [1.82, 2.24) is 4.31 Å². The van der Waals surface area contributed by atoms with Crippen molar-refractivity contribution in [2.75, 3.05) is 31.3 Å². The summed E-state index contributed by atoms with van der Waals surface area (Å²) < 4.78 is 60.4. The lowest BCUT2D eigenvalue weighted by Crippen LogP contribution is -2.32. The van der Waals surface area contributed by atoms with Crippen LogP contribution in [-0.2, 0) is 19.9 Å². The number of sulfone groups is 1. The molecule has 1 aromatic carbocycles. The van der Waals surface area contributed by atoms with Crippen molar-refractivity contribution in [3.8, 4) is 0 Å². The van der Waals surface area contributed by atoms with Crippen LogP contribution >= 0.6 is 0 Å². The maximum atomic E-state index is 13.6. The average molecular weight is 310 g/mol. The van der Waals surface area contributed by atoms with Crippen molar-refractivity contribution in [3.63, 3.8) is 0 Å². The second kappa shape index (κ2) is 5.43. The van der Waals surface area contributed by atoms with Crippen LogP contribution in [-0.4, -0.2) is 46.7 Å². The third kappa shape index (κ3) is 4.15. The number of hydrogen-bond donors (Lipinski definition) is 1. The molecule has 9 heteroatoms. The Balaban J connectivity index is 3.03. The second-order valence-electron chi connectivity index (χ2n) is 4.15. The molecule has 0 aliphatic rings. The Kier molecular flexibility index (Phi) is 4.54. The second-order valence-corrected chi connectivity index (χ2v) is 8.42. The van der Waals surface area contributed by atoms with Gasteiger partial charge in [0.05, 0.1) is 5.75 Å². The Bertz CT molecular complexity index is 671. The van der Waals surface area contributed by atoms with E-state index in [1.165, 1.54) is 13.1 Å². The first-order valence-electron chi connectivity index (χ1n) is 5.23. The minimum Gasteiger partial charge on any atom is -0.399 e. The fraction of sp³-hybridized carbons (Fsp3) is 0.400. The van der Waals surface area contributed by atoms with Crippen LogP contribution < -0.4 is 5.73 Å². The Morgan fingerprint density at radius 3 is 2.32 bits per heavy atom. The first-order valence-corrected chi connectivity index (χ1v) is 8.73. The minimum atomic E-state index is -4.07. The molecule has 0 unspecified atom stereocenters. The number of nitrogens with two attached hydrogens (primary N) is 1. The van der Waals surface area contributed by atoms with E-state index in [9.17, 15) is 21.2 Å². The predicted octanol–water partition coefficient (Wildman–Crippen LogP) is 0.0730. The zero-order chi connectivity index (χ0) is 14.8. The highest BCUT2D eigenvalue weighted by atomic mass is 32.2. The largest absolute Gasteiger partial charge is 0.399 e. The van der Waals surface area contributed by atoms with Crippen LogP contribution in [0.3, 0.4) is 0 Å². The molecule has 0 aliphatic carbocycles. The molecule has 0 aromatic heterocycles. The molecule has 6 nitrogen and oxygen atoms in total. The van der Waals surface area contributed by atoms with E-state index in [2.05, 4.69) is 0 Å². The Morgan fingerprint density at radius 1 is 1.26 bits per heavy atom. The summed E-state index contributed by atoms with van der Waals surface area (Å²) in [6.07, 6.45) is 0.997. The van der Waals surface area contributed by atoms with Gasteiger partial charge in [0.15, 0.2) is 0 Å². The maximum absolute atomic E-state index is 13.6. The number of rotatable bonds is 5. The molecule has 0 fully saturated rings. The van der Waals surface area contributed by atoms with Crippen LogP contribution in [0.2, 0.25) is 0 Å². The quantitative estimate of drug-likeness (QED) is 0.776. The normalized spacial score (nSPS) is 12.8. The maximum Gasteiger partial charge on any atom is 0.245 e. The van der Waals surface area contributed by atoms with Gasteiger partial charge < -0.3 is 5.73 Å². The fourth-order valence-electron chi connectivity index (χ4n) is 1.31. The zero-order valence-corrected chi connectivity index (χ0v) is 12.1. The van der Waals surface area contributed by atoms with Gasteiger partial charge in [0.1, 0.15) is 20.5 Å². The molecule has 0 heterocycles. The van der Waals surface area contributed by atoms with Crippen LogP contribution in [0.1, 0.15) is 0 Å². The van der Waals surface area contributed by atoms with Gasteiger partial charge >= 0.3 is 0 Å². The van der Waals surface area contributed by atoms with Crippen molar-refractivity contribution in [2.45, 2.75) is 4.90 Å². The third-order valence-corrected chi connectivity index (χ3v) is 5.24. The topological polar surface area (TPSA) is 97.5 Å². The molecule has 2 N–H and O–H groups in total. The Hall–Kier alpha value is -1.19. The number of nitrogens with zero attached hydrogens (tertiary/aromatic N) is 1. The van der Waals surface area contributed by atoms with Crippen LogP contribution in [0.15, 0.2) is 23.1 Å². The van der Waals surface area contributed by atoms with Crippen LogP contribution in [0.25, 0.3) is 0 Å². The van der Waals surface area contributed by atoms with Gasteiger partial charge in [-0.3, -0.25) is 0 Å². The molecule has 0 aliphatic heterocycles. The monoisotopic (exact) mass is 310 g/mol. The summed E-state index contributed by atoms with van der Waals surface area (Å²) in [5.41, 5.74) is 5.44. The first kappa shape index (κ1) is 15.9. The first-order chi connectivity index (χ1) is 8.54. The van der Waals surface area contributed by atoms with Gasteiger partial charge in [-0.25, -0.2) is 21.2 Å². The molecule has 0 saturated heterocycles. The van der Waals surface area contributed by atoms with E-state index in [1.54, 1.807) is 0 Å². The van der Waals surface area contributed by atoms with Crippen molar-refractivity contribution in [2.24, 2.45) is 0 Å². The van der Waals surface area contributed by atoms with Crippen molar-refractivity contribution < 1.29 is 21.2 Å². The zero-order valence-electron chi connectivity index (χ0n) is 10.5. The third-order valence-electron chi connectivity index (χ3n) is 2.42. The molecule has 19 heavy (non-hydrogen) atoms. The molecular formula is C10H15FN2O4S2. The van der Waals surface area contributed by atoms with Gasteiger partial charge in [-0.2, -0.15) is 4.31 Å². The van der Waals surface area contributed by atoms with Crippen LogP contribution in [0, 0.1) is 5.82 Å². The summed E-state index contributed by atoms with van der Waals surface area (Å²) in [7, 11) is -6.18. The summed E-state index contributed by atoms with van der Waals surface area (Å²) in [6.45, 7) is -0.245. The minimum absolute atomic E-state index is 0.107. The van der Waals surface area contributed by atoms with E-state index in [0.29, 0.717) is 0 Å².